The molecule has 0 saturated heterocycles. The molecule has 0 bridgehead atoms. The van der Waals surface area contributed by atoms with Gasteiger partial charge in [-0.2, -0.15) is 0 Å². The molecule has 0 heterocycles. The highest BCUT2D eigenvalue weighted by atomic mass is 16.2. The van der Waals surface area contributed by atoms with Crippen molar-refractivity contribution in [3.8, 4) is 0 Å². The van der Waals surface area contributed by atoms with E-state index in [2.05, 4.69) is 17.6 Å². The zero-order valence-electron chi connectivity index (χ0n) is 15.0. The van der Waals surface area contributed by atoms with Crippen molar-refractivity contribution < 1.29 is 14.5 Å². The molecular weight excluding hydrogens is 302 g/mol. The van der Waals surface area contributed by atoms with Crippen LogP contribution in [0, 0.1) is 12.8 Å². The maximum atomic E-state index is 12.2. The van der Waals surface area contributed by atoms with Gasteiger partial charge in [0.2, 0.25) is 0 Å². The molecule has 1 unspecified atom stereocenters. The minimum atomic E-state index is -0.0739. The van der Waals surface area contributed by atoms with Crippen LogP contribution in [0.25, 0.3) is 0 Å². The standard InChI is InChI=1S/C19H29N3O2/c1-14-8-10-16(11-9-14)20-18(23)12-22(3)13-19(24)21-17-7-5-4-6-15(17)2/h8-11,15,17H,4-7,12-13H2,1-3H3,(H,20,23)(H,21,24)/p+1/t15-,17-/m1/s1. The monoisotopic (exact) mass is 332 g/mol. The van der Waals surface area contributed by atoms with Crippen LogP contribution in [0.2, 0.25) is 0 Å². The van der Waals surface area contributed by atoms with Gasteiger partial charge in [0.15, 0.2) is 13.1 Å². The SMILES string of the molecule is Cc1ccc(NC(=O)C[NH+](C)CC(=O)N[C@@H]2CCCC[C@H]2C)cc1. The molecule has 2 amide bonds. The number of hydrogen-bond donors (Lipinski definition) is 3. The van der Waals surface area contributed by atoms with Crippen LogP contribution in [0.15, 0.2) is 24.3 Å². The normalized spacial score (nSPS) is 21.8. The first-order valence-corrected chi connectivity index (χ1v) is 8.91. The molecule has 0 aliphatic heterocycles. The lowest BCUT2D eigenvalue weighted by Crippen LogP contribution is -3.11. The smallest absolute Gasteiger partial charge is 0.279 e. The van der Waals surface area contributed by atoms with Gasteiger partial charge in [-0.1, -0.05) is 37.5 Å². The molecule has 24 heavy (non-hydrogen) atoms. The fraction of sp³-hybridized carbons (Fsp3) is 0.579. The maximum absolute atomic E-state index is 12.2. The Morgan fingerprint density at radius 1 is 1.08 bits per heavy atom. The molecule has 3 N–H and O–H groups in total. The number of nitrogens with one attached hydrogen (secondary N) is 3. The number of rotatable bonds is 6. The Kier molecular flexibility index (Phi) is 6.79. The van der Waals surface area contributed by atoms with Crippen LogP contribution in [0.3, 0.4) is 0 Å². The second-order valence-electron chi connectivity index (χ2n) is 7.16. The molecule has 5 nitrogen and oxygen atoms in total. The van der Waals surface area contributed by atoms with Gasteiger partial charge in [0.1, 0.15) is 0 Å². The van der Waals surface area contributed by atoms with E-state index < -0.39 is 0 Å². The van der Waals surface area contributed by atoms with Crippen molar-refractivity contribution in [1.29, 1.82) is 0 Å². The molecule has 1 aliphatic rings. The Balaban J connectivity index is 1.73. The zero-order chi connectivity index (χ0) is 17.5. The number of amides is 2. The summed E-state index contributed by atoms with van der Waals surface area (Å²) in [6.45, 7) is 4.82. The molecule has 1 aromatic carbocycles. The number of aryl methyl sites for hydroxylation is 1. The van der Waals surface area contributed by atoms with Gasteiger partial charge in [0.05, 0.1) is 7.05 Å². The van der Waals surface area contributed by atoms with E-state index in [0.29, 0.717) is 18.5 Å². The van der Waals surface area contributed by atoms with Crippen molar-refractivity contribution in [2.75, 3.05) is 25.5 Å². The highest BCUT2D eigenvalue weighted by molar-refractivity contribution is 5.91. The van der Waals surface area contributed by atoms with Crippen molar-refractivity contribution in [2.24, 2.45) is 5.92 Å². The quantitative estimate of drug-likeness (QED) is 0.732. The Labute approximate surface area is 144 Å². The molecule has 132 valence electrons. The minimum absolute atomic E-state index is 0.0365. The fourth-order valence-electron chi connectivity index (χ4n) is 3.24. The summed E-state index contributed by atoms with van der Waals surface area (Å²) in [6, 6.07) is 8.00. The second kappa shape index (κ2) is 8.83. The highest BCUT2D eigenvalue weighted by Gasteiger charge is 2.24. The lowest BCUT2D eigenvalue weighted by molar-refractivity contribution is -0.862. The van der Waals surface area contributed by atoms with Gasteiger partial charge < -0.3 is 15.5 Å². The third kappa shape index (κ3) is 5.96. The first-order chi connectivity index (χ1) is 11.4. The Hall–Kier alpha value is -1.88. The number of benzene rings is 1. The van der Waals surface area contributed by atoms with Gasteiger partial charge >= 0.3 is 0 Å². The number of likely N-dealkylation sites (N-methyl/N-ethyl adjacent to an activating group) is 1. The number of hydrogen-bond acceptors (Lipinski definition) is 2. The van der Waals surface area contributed by atoms with Crippen molar-refractivity contribution in [3.05, 3.63) is 29.8 Å². The van der Waals surface area contributed by atoms with Gasteiger partial charge in [0, 0.05) is 11.7 Å². The molecule has 3 atom stereocenters. The molecule has 1 fully saturated rings. The Morgan fingerprint density at radius 2 is 1.71 bits per heavy atom. The molecule has 5 heteroatoms. The maximum Gasteiger partial charge on any atom is 0.279 e. The summed E-state index contributed by atoms with van der Waals surface area (Å²) < 4.78 is 0. The molecule has 0 radical (unpaired) electrons. The first-order valence-electron chi connectivity index (χ1n) is 8.91. The van der Waals surface area contributed by atoms with Crippen molar-refractivity contribution in [3.63, 3.8) is 0 Å². The molecule has 1 aliphatic carbocycles. The van der Waals surface area contributed by atoms with E-state index in [1.807, 2.05) is 38.2 Å². The summed E-state index contributed by atoms with van der Waals surface area (Å²) in [5, 5.41) is 6.01. The van der Waals surface area contributed by atoms with E-state index >= 15 is 0 Å². The van der Waals surface area contributed by atoms with Crippen LogP contribution in [0.4, 0.5) is 5.69 Å². The average molecular weight is 332 g/mol. The fourth-order valence-corrected chi connectivity index (χ4v) is 3.24. The number of carbonyl (C=O) groups excluding carboxylic acids is 2. The van der Waals surface area contributed by atoms with Gasteiger partial charge in [-0.25, -0.2) is 0 Å². The van der Waals surface area contributed by atoms with E-state index in [1.165, 1.54) is 19.3 Å². The summed E-state index contributed by atoms with van der Waals surface area (Å²) in [5.41, 5.74) is 1.95. The third-order valence-corrected chi connectivity index (χ3v) is 4.72. The van der Waals surface area contributed by atoms with E-state index in [-0.39, 0.29) is 18.4 Å². The Morgan fingerprint density at radius 3 is 2.38 bits per heavy atom. The second-order valence-corrected chi connectivity index (χ2v) is 7.16. The van der Waals surface area contributed by atoms with Crippen LogP contribution in [-0.4, -0.2) is 38.0 Å². The summed E-state index contributed by atoms with van der Waals surface area (Å²) in [4.78, 5) is 25.1. The van der Waals surface area contributed by atoms with Gasteiger partial charge in [-0.15, -0.1) is 0 Å². The molecular formula is C19H30N3O2+. The van der Waals surface area contributed by atoms with Gasteiger partial charge in [-0.3, -0.25) is 9.59 Å². The van der Waals surface area contributed by atoms with E-state index in [4.69, 9.17) is 0 Å². The van der Waals surface area contributed by atoms with Crippen LogP contribution < -0.4 is 15.5 Å². The predicted octanol–water partition coefficient (Wildman–Crippen LogP) is 1.14. The molecule has 1 aromatic rings. The average Bonchev–Trinajstić information content (AvgIpc) is 2.51. The zero-order valence-corrected chi connectivity index (χ0v) is 15.0. The predicted molar refractivity (Wildman–Crippen MR) is 96.0 cm³/mol. The van der Waals surface area contributed by atoms with Crippen molar-refractivity contribution in [2.45, 2.75) is 45.6 Å². The van der Waals surface area contributed by atoms with Gasteiger partial charge in [-0.05, 0) is 37.8 Å². The lowest BCUT2D eigenvalue weighted by Gasteiger charge is -2.29. The largest absolute Gasteiger partial charge is 0.348 e. The highest BCUT2D eigenvalue weighted by Crippen LogP contribution is 2.23. The summed E-state index contributed by atoms with van der Waals surface area (Å²) in [7, 11) is 1.87. The van der Waals surface area contributed by atoms with Crippen molar-refractivity contribution in [1.82, 2.24) is 5.32 Å². The van der Waals surface area contributed by atoms with E-state index in [0.717, 1.165) is 22.6 Å². The molecule has 2 rings (SSSR count). The topological polar surface area (TPSA) is 62.6 Å². The van der Waals surface area contributed by atoms with Gasteiger partial charge in [0.25, 0.3) is 11.8 Å². The van der Waals surface area contributed by atoms with Crippen LogP contribution in [0.1, 0.15) is 38.2 Å². The summed E-state index contributed by atoms with van der Waals surface area (Å²) in [5.74, 6) is 0.511. The lowest BCUT2D eigenvalue weighted by atomic mass is 9.86. The van der Waals surface area contributed by atoms with E-state index in [1.54, 1.807) is 0 Å². The van der Waals surface area contributed by atoms with Crippen LogP contribution in [0.5, 0.6) is 0 Å². The first kappa shape index (κ1) is 18.5. The van der Waals surface area contributed by atoms with E-state index in [9.17, 15) is 9.59 Å². The number of carbonyl (C=O) groups is 2. The van der Waals surface area contributed by atoms with Crippen LogP contribution in [-0.2, 0) is 9.59 Å². The minimum Gasteiger partial charge on any atom is -0.348 e. The Bertz CT molecular complexity index is 556. The molecule has 0 aromatic heterocycles. The van der Waals surface area contributed by atoms with Crippen LogP contribution >= 0.6 is 0 Å². The third-order valence-electron chi connectivity index (χ3n) is 4.72. The summed E-state index contributed by atoms with van der Waals surface area (Å²) >= 11 is 0. The molecule has 1 saturated carbocycles. The molecule has 0 spiro atoms. The number of anilines is 1. The van der Waals surface area contributed by atoms with Crippen molar-refractivity contribution >= 4 is 17.5 Å². The number of quaternary nitrogens is 1. The summed E-state index contributed by atoms with van der Waals surface area (Å²) in [6.07, 6.45) is 4.71.